The molecule has 1 aromatic rings. The van der Waals surface area contributed by atoms with E-state index in [4.69, 9.17) is 19.3 Å². The molecule has 1 fully saturated rings. The molecule has 0 aromatic heterocycles. The average Bonchev–Trinajstić information content (AvgIpc) is 2.61. The number of phenols is 1. The van der Waals surface area contributed by atoms with Crippen LogP contribution in [0.25, 0.3) is 6.08 Å². The van der Waals surface area contributed by atoms with Gasteiger partial charge >= 0.3 is 5.97 Å². The van der Waals surface area contributed by atoms with Crippen LogP contribution in [0.4, 0.5) is 0 Å². The summed E-state index contributed by atoms with van der Waals surface area (Å²) in [5.74, 6) is -0.704. The van der Waals surface area contributed by atoms with Crippen molar-refractivity contribution in [2.24, 2.45) is 0 Å². The Morgan fingerprint density at radius 1 is 1.24 bits per heavy atom. The third kappa shape index (κ3) is 4.47. The topological polar surface area (TPSA) is 146 Å². The molecule has 2 rings (SSSR count). The Balaban J connectivity index is 2.01. The molecule has 0 saturated carbocycles. The molecule has 25 heavy (non-hydrogen) atoms. The van der Waals surface area contributed by atoms with Crippen molar-refractivity contribution in [1.82, 2.24) is 0 Å². The Labute approximate surface area is 143 Å². The predicted octanol–water partition coefficient (Wildman–Crippen LogP) is -1.24. The molecule has 0 spiro atoms. The Kier molecular flexibility index (Phi) is 6.34. The van der Waals surface area contributed by atoms with Gasteiger partial charge < -0.3 is 39.7 Å². The molecule has 1 heterocycles. The number of hydrogen-bond acceptors (Lipinski definition) is 9. The lowest BCUT2D eigenvalue weighted by Gasteiger charge is -2.38. The molecule has 0 bridgehead atoms. The van der Waals surface area contributed by atoms with Crippen molar-refractivity contribution < 1.29 is 44.5 Å². The minimum Gasteiger partial charge on any atom is -0.504 e. The van der Waals surface area contributed by atoms with E-state index in [-0.39, 0.29) is 11.5 Å². The molecule has 1 aliphatic rings. The van der Waals surface area contributed by atoms with Crippen LogP contribution in [-0.2, 0) is 14.3 Å². The second-order valence-electron chi connectivity index (χ2n) is 5.40. The minimum atomic E-state index is -1.66. The summed E-state index contributed by atoms with van der Waals surface area (Å²) < 4.78 is 14.9. The maximum absolute atomic E-state index is 11.8. The third-order valence-electron chi connectivity index (χ3n) is 3.70. The van der Waals surface area contributed by atoms with Crippen LogP contribution in [-0.4, -0.2) is 75.9 Å². The highest BCUT2D eigenvalue weighted by Gasteiger charge is 2.45. The first-order valence-corrected chi connectivity index (χ1v) is 7.43. The molecule has 1 aromatic carbocycles. The second kappa shape index (κ2) is 8.28. The lowest BCUT2D eigenvalue weighted by Crippen LogP contribution is -2.59. The number of phenolic OH excluding ortho intramolecular Hbond substituents is 1. The third-order valence-corrected chi connectivity index (χ3v) is 3.70. The molecule has 0 aliphatic carbocycles. The smallest absolute Gasteiger partial charge is 0.333 e. The van der Waals surface area contributed by atoms with Gasteiger partial charge in [0.2, 0.25) is 6.29 Å². The van der Waals surface area contributed by atoms with Crippen molar-refractivity contribution in [2.75, 3.05) is 13.7 Å². The largest absolute Gasteiger partial charge is 0.504 e. The molecule has 5 atom stereocenters. The van der Waals surface area contributed by atoms with Gasteiger partial charge in [0.1, 0.15) is 24.4 Å². The first kappa shape index (κ1) is 19.2. The van der Waals surface area contributed by atoms with Crippen molar-refractivity contribution in [3.8, 4) is 11.5 Å². The molecule has 1 saturated heterocycles. The SMILES string of the molecule is COc1cc(C=CC(=O)O[C@@H]2O[C@H](CO)[C@@H](O)[C@H](O)[C@H]2O)ccc1O. The summed E-state index contributed by atoms with van der Waals surface area (Å²) in [4.78, 5) is 11.8. The number of aliphatic hydroxyl groups is 4. The van der Waals surface area contributed by atoms with E-state index < -0.39 is 43.3 Å². The highest BCUT2D eigenvalue weighted by atomic mass is 16.7. The molecular formula is C16H20O9. The first-order valence-electron chi connectivity index (χ1n) is 7.43. The van der Waals surface area contributed by atoms with Crippen molar-refractivity contribution in [3.05, 3.63) is 29.8 Å². The Hall–Kier alpha value is -2.17. The molecule has 9 heteroatoms. The van der Waals surface area contributed by atoms with Crippen LogP contribution in [0.3, 0.4) is 0 Å². The number of esters is 1. The molecule has 0 amide bonds. The van der Waals surface area contributed by atoms with E-state index in [2.05, 4.69) is 0 Å². The van der Waals surface area contributed by atoms with E-state index in [9.17, 15) is 25.2 Å². The Morgan fingerprint density at radius 3 is 2.60 bits per heavy atom. The monoisotopic (exact) mass is 356 g/mol. The first-order chi connectivity index (χ1) is 11.9. The highest BCUT2D eigenvalue weighted by Crippen LogP contribution is 2.27. The average molecular weight is 356 g/mol. The molecule has 0 radical (unpaired) electrons. The Morgan fingerprint density at radius 2 is 1.96 bits per heavy atom. The van der Waals surface area contributed by atoms with Crippen LogP contribution < -0.4 is 4.74 Å². The summed E-state index contributed by atoms with van der Waals surface area (Å²) in [5, 5.41) is 47.7. The maximum Gasteiger partial charge on any atom is 0.333 e. The number of hydrogen-bond donors (Lipinski definition) is 5. The van der Waals surface area contributed by atoms with E-state index in [1.165, 1.54) is 31.4 Å². The normalized spacial score (nSPS) is 29.6. The fraction of sp³-hybridized carbons (Fsp3) is 0.438. The molecule has 9 nitrogen and oxygen atoms in total. The fourth-order valence-electron chi connectivity index (χ4n) is 2.28. The van der Waals surface area contributed by atoms with Crippen LogP contribution in [0.5, 0.6) is 11.5 Å². The van der Waals surface area contributed by atoms with Gasteiger partial charge in [0.05, 0.1) is 13.7 Å². The van der Waals surface area contributed by atoms with Crippen LogP contribution in [0.1, 0.15) is 5.56 Å². The summed E-state index contributed by atoms with van der Waals surface area (Å²) in [6.07, 6.45) is -5.10. The number of benzene rings is 1. The lowest BCUT2D eigenvalue weighted by atomic mass is 9.99. The summed E-state index contributed by atoms with van der Waals surface area (Å²) >= 11 is 0. The van der Waals surface area contributed by atoms with Crippen LogP contribution >= 0.6 is 0 Å². The van der Waals surface area contributed by atoms with E-state index >= 15 is 0 Å². The number of aromatic hydroxyl groups is 1. The van der Waals surface area contributed by atoms with Gasteiger partial charge in [-0.3, -0.25) is 0 Å². The summed E-state index contributed by atoms with van der Waals surface area (Å²) in [6.45, 7) is -0.623. The highest BCUT2D eigenvalue weighted by molar-refractivity contribution is 5.87. The van der Waals surface area contributed by atoms with E-state index in [0.717, 1.165) is 6.08 Å². The number of aliphatic hydroxyl groups excluding tert-OH is 4. The summed E-state index contributed by atoms with van der Waals surface area (Å²) in [6, 6.07) is 4.42. The van der Waals surface area contributed by atoms with E-state index in [1.54, 1.807) is 0 Å². The second-order valence-corrected chi connectivity index (χ2v) is 5.40. The molecule has 5 N–H and O–H groups in total. The van der Waals surface area contributed by atoms with Crippen LogP contribution in [0, 0.1) is 0 Å². The predicted molar refractivity (Wildman–Crippen MR) is 83.6 cm³/mol. The fourth-order valence-corrected chi connectivity index (χ4v) is 2.28. The molecule has 0 unspecified atom stereocenters. The Bertz CT molecular complexity index is 628. The summed E-state index contributed by atoms with van der Waals surface area (Å²) in [7, 11) is 1.38. The van der Waals surface area contributed by atoms with E-state index in [1.807, 2.05) is 0 Å². The van der Waals surface area contributed by atoms with Gasteiger partial charge in [0, 0.05) is 6.08 Å². The van der Waals surface area contributed by atoms with Crippen LogP contribution in [0.2, 0.25) is 0 Å². The van der Waals surface area contributed by atoms with Crippen molar-refractivity contribution >= 4 is 12.0 Å². The summed E-state index contributed by atoms with van der Waals surface area (Å²) in [5.41, 5.74) is 0.542. The van der Waals surface area contributed by atoms with Gasteiger partial charge in [-0.2, -0.15) is 0 Å². The van der Waals surface area contributed by atoms with Crippen molar-refractivity contribution in [2.45, 2.75) is 30.7 Å². The van der Waals surface area contributed by atoms with Gasteiger partial charge in [-0.25, -0.2) is 4.79 Å². The molecular weight excluding hydrogens is 336 g/mol. The van der Waals surface area contributed by atoms with Gasteiger partial charge in [0.15, 0.2) is 11.5 Å². The van der Waals surface area contributed by atoms with Gasteiger partial charge in [-0.15, -0.1) is 0 Å². The van der Waals surface area contributed by atoms with Gasteiger partial charge in [-0.05, 0) is 23.8 Å². The maximum atomic E-state index is 11.8. The quantitative estimate of drug-likeness (QED) is 0.323. The number of rotatable bonds is 5. The van der Waals surface area contributed by atoms with E-state index in [0.29, 0.717) is 5.56 Å². The van der Waals surface area contributed by atoms with Crippen LogP contribution in [0.15, 0.2) is 24.3 Å². The zero-order chi connectivity index (χ0) is 18.6. The minimum absolute atomic E-state index is 0.0523. The zero-order valence-electron chi connectivity index (χ0n) is 13.3. The number of ether oxygens (including phenoxy) is 3. The number of carbonyl (C=O) groups is 1. The van der Waals surface area contributed by atoms with Gasteiger partial charge in [-0.1, -0.05) is 6.07 Å². The van der Waals surface area contributed by atoms with Crippen molar-refractivity contribution in [3.63, 3.8) is 0 Å². The number of methoxy groups -OCH3 is 1. The zero-order valence-corrected chi connectivity index (χ0v) is 13.3. The molecule has 138 valence electrons. The standard InChI is InChI=1S/C16H20O9/c1-23-10-6-8(2-4-9(10)18)3-5-12(19)25-16-15(22)14(21)13(20)11(7-17)24-16/h2-6,11,13-18,20-22H,7H2,1H3/t11-,13-,14+,15-,16+/m1/s1. The van der Waals surface area contributed by atoms with Crippen molar-refractivity contribution in [1.29, 1.82) is 0 Å². The lowest BCUT2D eigenvalue weighted by molar-refractivity contribution is -0.291. The number of carbonyl (C=O) groups excluding carboxylic acids is 1. The van der Waals surface area contributed by atoms with Gasteiger partial charge in [0.25, 0.3) is 0 Å². The molecule has 1 aliphatic heterocycles.